The summed E-state index contributed by atoms with van der Waals surface area (Å²) in [5, 5.41) is 10.4. The highest BCUT2D eigenvalue weighted by atomic mass is 16.6. The van der Waals surface area contributed by atoms with Crippen LogP contribution in [0.25, 0.3) is 22.0 Å². The number of nitriles is 1. The minimum absolute atomic E-state index is 0.0637. The maximum atomic E-state index is 14.9. The monoisotopic (exact) mass is 646 g/mol. The van der Waals surface area contributed by atoms with Crippen molar-refractivity contribution < 1.29 is 19.1 Å². The van der Waals surface area contributed by atoms with Crippen LogP contribution in [0.3, 0.4) is 0 Å². The summed E-state index contributed by atoms with van der Waals surface area (Å²) in [5.41, 5.74) is 5.45. The molecule has 48 heavy (non-hydrogen) atoms. The maximum Gasteiger partial charge on any atom is 0.410 e. The molecule has 2 atom stereocenters. The molecule has 1 aliphatic carbocycles. The third kappa shape index (κ3) is 7.58. The fourth-order valence-electron chi connectivity index (χ4n) is 6.96. The highest BCUT2D eigenvalue weighted by Crippen LogP contribution is 2.40. The number of benzene rings is 3. The molecule has 1 aromatic heterocycles. The summed E-state index contributed by atoms with van der Waals surface area (Å²) >= 11 is 0. The quantitative estimate of drug-likeness (QED) is 0.165. The number of para-hydroxylation sites is 1. The van der Waals surface area contributed by atoms with E-state index in [-0.39, 0.29) is 24.0 Å². The minimum atomic E-state index is -0.625. The molecule has 6 rings (SSSR count). The zero-order valence-corrected chi connectivity index (χ0v) is 28.5. The molecule has 8 heteroatoms. The first-order valence-electron chi connectivity index (χ1n) is 17.1. The van der Waals surface area contributed by atoms with Crippen LogP contribution in [-0.4, -0.2) is 64.8 Å². The lowest BCUT2D eigenvalue weighted by Crippen LogP contribution is -2.51. The van der Waals surface area contributed by atoms with Gasteiger partial charge in [-0.2, -0.15) is 5.26 Å². The summed E-state index contributed by atoms with van der Waals surface area (Å²) in [6, 6.07) is 26.8. The molecule has 8 nitrogen and oxygen atoms in total. The first-order valence-corrected chi connectivity index (χ1v) is 17.1. The van der Waals surface area contributed by atoms with Crippen LogP contribution in [-0.2, 0) is 27.4 Å². The van der Waals surface area contributed by atoms with Crippen molar-refractivity contribution in [2.45, 2.75) is 77.1 Å². The van der Waals surface area contributed by atoms with Crippen LogP contribution >= 0.6 is 0 Å². The van der Waals surface area contributed by atoms with Crippen molar-refractivity contribution in [1.29, 1.82) is 5.26 Å². The molecule has 3 aromatic carbocycles. The summed E-state index contributed by atoms with van der Waals surface area (Å²) in [6.45, 7) is 8.50. The van der Waals surface area contributed by atoms with Crippen molar-refractivity contribution in [2.24, 2.45) is 5.92 Å². The second kappa shape index (κ2) is 14.2. The number of fused-ring (bicyclic) bond motifs is 1. The van der Waals surface area contributed by atoms with Crippen LogP contribution in [0.5, 0.6) is 0 Å². The molecule has 0 radical (unpaired) electrons. The average Bonchev–Trinajstić information content (AvgIpc) is 3.88. The minimum Gasteiger partial charge on any atom is -0.444 e. The molecular formula is C40H46N4O4. The molecule has 2 heterocycles. The Morgan fingerprint density at radius 2 is 1.75 bits per heavy atom. The van der Waals surface area contributed by atoms with Crippen LogP contribution in [0.2, 0.25) is 0 Å². The number of carbonyl (C=O) groups excluding carboxylic acids is 2. The van der Waals surface area contributed by atoms with Gasteiger partial charge in [-0.1, -0.05) is 54.6 Å². The molecule has 2 amide bonds. The second-order valence-electron chi connectivity index (χ2n) is 14.2. The molecule has 0 bridgehead atoms. The Kier molecular flexibility index (Phi) is 9.88. The van der Waals surface area contributed by atoms with E-state index < -0.39 is 11.5 Å². The number of aromatic nitrogens is 1. The lowest BCUT2D eigenvalue weighted by atomic mass is 9.79. The van der Waals surface area contributed by atoms with Gasteiger partial charge in [0.25, 0.3) is 0 Å². The number of rotatable bonds is 10. The Balaban J connectivity index is 1.32. The van der Waals surface area contributed by atoms with Gasteiger partial charge in [-0.05, 0) is 92.8 Å². The first-order chi connectivity index (χ1) is 23.1. The van der Waals surface area contributed by atoms with Crippen LogP contribution in [0.15, 0.2) is 79.0 Å². The number of hydrogen-bond donors (Lipinski definition) is 0. The Bertz CT molecular complexity index is 1790. The van der Waals surface area contributed by atoms with E-state index in [1.54, 1.807) is 12.0 Å². The number of ether oxygens (including phenoxy) is 2. The Hall–Kier alpha value is -4.61. The zero-order valence-electron chi connectivity index (χ0n) is 28.5. The van der Waals surface area contributed by atoms with Gasteiger partial charge in [0.2, 0.25) is 5.91 Å². The third-order valence-corrected chi connectivity index (χ3v) is 9.47. The fourth-order valence-corrected chi connectivity index (χ4v) is 6.96. The third-order valence-electron chi connectivity index (χ3n) is 9.47. The summed E-state index contributed by atoms with van der Waals surface area (Å²) in [7, 11) is 1.73. The van der Waals surface area contributed by atoms with Gasteiger partial charge in [0.1, 0.15) is 5.60 Å². The molecule has 2 aliphatic rings. The summed E-state index contributed by atoms with van der Waals surface area (Å²) in [5.74, 6) is -0.389. The molecule has 250 valence electrons. The molecule has 2 fully saturated rings. The highest BCUT2D eigenvalue weighted by Gasteiger charge is 2.43. The normalized spacial score (nSPS) is 18.0. The Labute approximate surface area is 283 Å². The molecule has 4 aromatic rings. The van der Waals surface area contributed by atoms with Crippen molar-refractivity contribution in [1.82, 2.24) is 14.4 Å². The van der Waals surface area contributed by atoms with Gasteiger partial charge < -0.3 is 23.8 Å². The molecule has 1 aliphatic heterocycles. The number of hydrogen-bond acceptors (Lipinski definition) is 5. The lowest BCUT2D eigenvalue weighted by Gasteiger charge is -2.40. The highest BCUT2D eigenvalue weighted by molar-refractivity contribution is 5.86. The standard InChI is InChI=1S/C40H46N4O4/c1-40(2,3)48-39(46)43-21-19-34(31-10-7-9-30(23-31)29-15-13-28(24-41)14-16-29)36(27-43)38(45)44(33-17-18-33)26-32-25-42(20-8-22-47-4)37-12-6-5-11-35(32)37/h5-7,9-16,23,25,33-34,36H,8,17-22,26-27H2,1-4H3/t34-,36+/m1/s1. The fraction of sp³-hybridized carbons (Fsp3) is 0.425. The molecule has 0 unspecified atom stereocenters. The van der Waals surface area contributed by atoms with Crippen molar-refractivity contribution in [3.05, 3.63) is 95.7 Å². The van der Waals surface area contributed by atoms with Crippen LogP contribution in [0.4, 0.5) is 4.79 Å². The van der Waals surface area contributed by atoms with Gasteiger partial charge in [-0.25, -0.2) is 4.79 Å². The zero-order chi connectivity index (χ0) is 33.8. The van der Waals surface area contributed by atoms with E-state index >= 15 is 0 Å². The van der Waals surface area contributed by atoms with Crippen LogP contribution in [0.1, 0.15) is 69.1 Å². The number of methoxy groups -OCH3 is 1. The summed E-state index contributed by atoms with van der Waals surface area (Å²) in [6.07, 6.45) is 5.37. The topological polar surface area (TPSA) is 87.8 Å². The Morgan fingerprint density at radius 3 is 2.46 bits per heavy atom. The Morgan fingerprint density at radius 1 is 0.979 bits per heavy atom. The largest absolute Gasteiger partial charge is 0.444 e. The molecular weight excluding hydrogens is 600 g/mol. The van der Waals surface area contributed by atoms with Crippen molar-refractivity contribution in [3.63, 3.8) is 0 Å². The molecule has 0 N–H and O–H groups in total. The number of likely N-dealkylation sites (tertiary alicyclic amines) is 1. The van der Waals surface area contributed by atoms with Crippen molar-refractivity contribution in [2.75, 3.05) is 26.8 Å². The van der Waals surface area contributed by atoms with E-state index in [2.05, 4.69) is 64.2 Å². The van der Waals surface area contributed by atoms with Gasteiger partial charge >= 0.3 is 6.09 Å². The van der Waals surface area contributed by atoms with E-state index in [4.69, 9.17) is 9.47 Å². The van der Waals surface area contributed by atoms with Gasteiger partial charge in [-0.3, -0.25) is 4.79 Å². The molecule has 0 spiro atoms. The van der Waals surface area contributed by atoms with E-state index in [0.29, 0.717) is 38.2 Å². The number of aryl methyl sites for hydroxylation is 1. The van der Waals surface area contributed by atoms with E-state index in [1.165, 1.54) is 5.39 Å². The van der Waals surface area contributed by atoms with Crippen LogP contribution < -0.4 is 0 Å². The number of amides is 2. The first kappa shape index (κ1) is 33.3. The number of carbonyl (C=O) groups is 2. The van der Waals surface area contributed by atoms with Gasteiger partial charge in [-0.15, -0.1) is 0 Å². The van der Waals surface area contributed by atoms with Gasteiger partial charge in [0.05, 0.1) is 17.6 Å². The predicted octanol–water partition coefficient (Wildman–Crippen LogP) is 7.75. The predicted molar refractivity (Wildman–Crippen MR) is 187 cm³/mol. The van der Waals surface area contributed by atoms with E-state index in [9.17, 15) is 14.9 Å². The van der Waals surface area contributed by atoms with Crippen molar-refractivity contribution >= 4 is 22.9 Å². The molecule has 1 saturated carbocycles. The van der Waals surface area contributed by atoms with Crippen LogP contribution in [0, 0.1) is 17.2 Å². The van der Waals surface area contributed by atoms with Crippen molar-refractivity contribution in [3.8, 4) is 17.2 Å². The van der Waals surface area contributed by atoms with Gasteiger partial charge in [0, 0.05) is 63.0 Å². The summed E-state index contributed by atoms with van der Waals surface area (Å²) in [4.78, 5) is 32.0. The molecule has 1 saturated heterocycles. The number of piperidine rings is 1. The second-order valence-corrected chi connectivity index (χ2v) is 14.2. The lowest BCUT2D eigenvalue weighted by molar-refractivity contribution is -0.139. The smallest absolute Gasteiger partial charge is 0.410 e. The maximum absolute atomic E-state index is 14.9. The number of nitrogens with zero attached hydrogens (tertiary/aromatic N) is 4. The van der Waals surface area contributed by atoms with Gasteiger partial charge in [0.15, 0.2) is 0 Å². The average molecular weight is 647 g/mol. The van der Waals surface area contributed by atoms with E-state index in [0.717, 1.165) is 53.6 Å². The summed E-state index contributed by atoms with van der Waals surface area (Å²) < 4.78 is 13.4. The SMILES string of the molecule is COCCCn1cc(CN(C(=O)[C@H]2CN(C(=O)OC(C)(C)C)CC[C@@H]2c2cccc(-c3ccc(C#N)cc3)c2)C2CC2)c2ccccc21. The van der Waals surface area contributed by atoms with E-state index in [1.807, 2.05) is 51.1 Å².